The van der Waals surface area contributed by atoms with Gasteiger partial charge in [0.05, 0.1) is 12.5 Å². The Balaban J connectivity index is 1.86. The van der Waals surface area contributed by atoms with Crippen molar-refractivity contribution in [3.8, 4) is 5.75 Å². The summed E-state index contributed by atoms with van der Waals surface area (Å²) >= 11 is 0. The molecule has 0 bridgehead atoms. The summed E-state index contributed by atoms with van der Waals surface area (Å²) in [5, 5.41) is 9.84. The van der Waals surface area contributed by atoms with Crippen molar-refractivity contribution < 1.29 is 14.3 Å². The normalized spacial score (nSPS) is 16.6. The first-order valence-corrected chi connectivity index (χ1v) is 8.51. The topological polar surface area (TPSA) is 89.1 Å². The smallest absolute Gasteiger partial charge is 0.248 e. The number of rotatable bonds is 5. The number of benzene rings is 1. The molecule has 0 aliphatic carbocycles. The molecule has 134 valence electrons. The second kappa shape index (κ2) is 7.23. The van der Waals surface area contributed by atoms with Gasteiger partial charge in [-0.05, 0) is 30.5 Å². The Morgan fingerprint density at radius 1 is 1.28 bits per heavy atom. The lowest BCUT2D eigenvalue weighted by atomic mass is 9.73. The van der Waals surface area contributed by atoms with Crippen LogP contribution in [0.5, 0.6) is 5.75 Å². The Labute approximate surface area is 147 Å². The molecule has 2 N–H and O–H groups in total. The fraction of sp³-hybridized carbons (Fsp3) is 0.500. The van der Waals surface area contributed by atoms with Crippen LogP contribution in [-0.2, 0) is 14.9 Å². The molecular formula is C18H24N4O3. The molecule has 1 fully saturated rings. The third-order valence-electron chi connectivity index (χ3n) is 4.70. The van der Waals surface area contributed by atoms with E-state index in [0.717, 1.165) is 17.1 Å². The number of ether oxygens (including phenoxy) is 2. The maximum Gasteiger partial charge on any atom is 0.248 e. The largest absolute Gasteiger partial charge is 0.497 e. The number of amides is 1. The molecule has 0 spiro atoms. The van der Waals surface area contributed by atoms with E-state index in [9.17, 15) is 4.79 Å². The standard InChI is InChI=1S/C18H24N4O3/c1-12(2)15-19-17(22-21-15)20-16(23)18(8-10-25-11-9-18)13-4-6-14(24-3)7-5-13/h4-7,12H,8-11H2,1-3H3,(H2,19,20,21,22,23). The van der Waals surface area contributed by atoms with Gasteiger partial charge >= 0.3 is 0 Å². The molecule has 0 radical (unpaired) electrons. The molecule has 2 heterocycles. The molecule has 1 aliphatic rings. The number of methoxy groups -OCH3 is 1. The zero-order valence-corrected chi connectivity index (χ0v) is 14.8. The molecule has 1 aromatic carbocycles. The van der Waals surface area contributed by atoms with Crippen molar-refractivity contribution in [3.63, 3.8) is 0 Å². The Morgan fingerprint density at radius 2 is 1.96 bits per heavy atom. The maximum absolute atomic E-state index is 13.1. The third-order valence-corrected chi connectivity index (χ3v) is 4.70. The first-order valence-electron chi connectivity index (χ1n) is 8.51. The summed E-state index contributed by atoms with van der Waals surface area (Å²) < 4.78 is 10.7. The van der Waals surface area contributed by atoms with Gasteiger partial charge in [0, 0.05) is 19.1 Å². The molecular weight excluding hydrogens is 320 g/mol. The number of hydrogen-bond acceptors (Lipinski definition) is 5. The van der Waals surface area contributed by atoms with Crippen LogP contribution in [-0.4, -0.2) is 41.4 Å². The van der Waals surface area contributed by atoms with Gasteiger partial charge in [0.1, 0.15) is 11.6 Å². The van der Waals surface area contributed by atoms with E-state index in [0.29, 0.717) is 32.0 Å². The molecule has 0 atom stereocenters. The Kier molecular flexibility index (Phi) is 5.03. The fourth-order valence-electron chi connectivity index (χ4n) is 3.09. The summed E-state index contributed by atoms with van der Waals surface area (Å²) in [6.07, 6.45) is 1.24. The predicted octanol–water partition coefficient (Wildman–Crippen LogP) is 2.62. The summed E-state index contributed by atoms with van der Waals surface area (Å²) in [5.74, 6) is 1.95. The van der Waals surface area contributed by atoms with Crippen molar-refractivity contribution in [2.45, 2.75) is 38.0 Å². The van der Waals surface area contributed by atoms with E-state index in [-0.39, 0.29) is 11.8 Å². The molecule has 1 aromatic heterocycles. The van der Waals surface area contributed by atoms with Crippen molar-refractivity contribution in [2.24, 2.45) is 0 Å². The average Bonchev–Trinajstić information content (AvgIpc) is 3.11. The van der Waals surface area contributed by atoms with Crippen LogP contribution in [0.1, 0.15) is 44.0 Å². The lowest BCUT2D eigenvalue weighted by molar-refractivity contribution is -0.125. The Morgan fingerprint density at radius 3 is 2.52 bits per heavy atom. The van der Waals surface area contributed by atoms with E-state index in [1.165, 1.54) is 0 Å². The highest BCUT2D eigenvalue weighted by atomic mass is 16.5. The lowest BCUT2D eigenvalue weighted by Gasteiger charge is -2.35. The first-order chi connectivity index (χ1) is 12.0. The molecule has 1 aliphatic heterocycles. The molecule has 25 heavy (non-hydrogen) atoms. The van der Waals surface area contributed by atoms with E-state index in [1.54, 1.807) is 7.11 Å². The van der Waals surface area contributed by atoms with Crippen molar-refractivity contribution in [1.29, 1.82) is 0 Å². The number of aromatic amines is 1. The summed E-state index contributed by atoms with van der Waals surface area (Å²) in [7, 11) is 1.63. The molecule has 0 unspecified atom stereocenters. The number of hydrogen-bond donors (Lipinski definition) is 2. The zero-order chi connectivity index (χ0) is 17.9. The van der Waals surface area contributed by atoms with Crippen LogP contribution in [0.3, 0.4) is 0 Å². The number of nitrogens with one attached hydrogen (secondary N) is 2. The van der Waals surface area contributed by atoms with Crippen LogP contribution in [0.4, 0.5) is 5.95 Å². The van der Waals surface area contributed by atoms with Crippen LogP contribution in [0.25, 0.3) is 0 Å². The number of carbonyl (C=O) groups excluding carboxylic acids is 1. The molecule has 7 heteroatoms. The zero-order valence-electron chi connectivity index (χ0n) is 14.8. The van der Waals surface area contributed by atoms with Gasteiger partial charge in [0.15, 0.2) is 0 Å². The van der Waals surface area contributed by atoms with E-state index >= 15 is 0 Å². The Hall–Kier alpha value is -2.41. The number of anilines is 1. The summed E-state index contributed by atoms with van der Waals surface area (Å²) in [4.78, 5) is 17.5. The highest BCUT2D eigenvalue weighted by molar-refractivity contribution is 5.98. The van der Waals surface area contributed by atoms with Crippen LogP contribution in [0.2, 0.25) is 0 Å². The van der Waals surface area contributed by atoms with Crippen molar-refractivity contribution in [3.05, 3.63) is 35.7 Å². The first kappa shape index (κ1) is 17.4. The molecule has 1 saturated heterocycles. The Bertz CT molecular complexity index is 718. The van der Waals surface area contributed by atoms with Gasteiger partial charge in [-0.1, -0.05) is 26.0 Å². The van der Waals surface area contributed by atoms with Crippen molar-refractivity contribution in [1.82, 2.24) is 15.2 Å². The molecule has 1 amide bonds. The van der Waals surface area contributed by atoms with Gasteiger partial charge < -0.3 is 9.47 Å². The van der Waals surface area contributed by atoms with Crippen molar-refractivity contribution in [2.75, 3.05) is 25.6 Å². The number of carbonyl (C=O) groups is 1. The van der Waals surface area contributed by atoms with Crippen molar-refractivity contribution >= 4 is 11.9 Å². The third kappa shape index (κ3) is 3.51. The quantitative estimate of drug-likeness (QED) is 0.870. The molecule has 2 aromatic rings. The van der Waals surface area contributed by atoms with Gasteiger partial charge in [-0.2, -0.15) is 4.98 Å². The number of aromatic nitrogens is 3. The monoisotopic (exact) mass is 344 g/mol. The van der Waals surface area contributed by atoms with Gasteiger partial charge in [-0.15, -0.1) is 5.10 Å². The van der Waals surface area contributed by atoms with Crippen LogP contribution >= 0.6 is 0 Å². The van der Waals surface area contributed by atoms with E-state index in [2.05, 4.69) is 20.5 Å². The predicted molar refractivity (Wildman–Crippen MR) is 93.8 cm³/mol. The minimum Gasteiger partial charge on any atom is -0.497 e. The van der Waals surface area contributed by atoms with Gasteiger partial charge in [-0.25, -0.2) is 0 Å². The van der Waals surface area contributed by atoms with Gasteiger partial charge in [0.25, 0.3) is 0 Å². The summed E-state index contributed by atoms with van der Waals surface area (Å²) in [5.41, 5.74) is 0.303. The van der Waals surface area contributed by atoms with Gasteiger partial charge in [-0.3, -0.25) is 15.2 Å². The van der Waals surface area contributed by atoms with Crippen LogP contribution in [0.15, 0.2) is 24.3 Å². The van der Waals surface area contributed by atoms with Gasteiger partial charge in [0.2, 0.25) is 11.9 Å². The minimum absolute atomic E-state index is 0.102. The number of H-pyrrole nitrogens is 1. The van der Waals surface area contributed by atoms with Crippen LogP contribution in [0, 0.1) is 0 Å². The lowest BCUT2D eigenvalue weighted by Crippen LogP contribution is -2.45. The highest BCUT2D eigenvalue weighted by Crippen LogP contribution is 2.36. The van der Waals surface area contributed by atoms with Crippen LogP contribution < -0.4 is 10.1 Å². The summed E-state index contributed by atoms with van der Waals surface area (Å²) in [6, 6.07) is 7.65. The number of nitrogens with zero attached hydrogens (tertiary/aromatic N) is 2. The molecule has 0 saturated carbocycles. The molecule has 7 nitrogen and oxygen atoms in total. The fourth-order valence-corrected chi connectivity index (χ4v) is 3.09. The van der Waals surface area contributed by atoms with E-state index in [4.69, 9.17) is 9.47 Å². The van der Waals surface area contributed by atoms with E-state index in [1.807, 2.05) is 38.1 Å². The second-order valence-electron chi connectivity index (χ2n) is 6.58. The minimum atomic E-state index is -0.650. The van der Waals surface area contributed by atoms with E-state index < -0.39 is 5.41 Å². The average molecular weight is 344 g/mol. The highest BCUT2D eigenvalue weighted by Gasteiger charge is 2.42. The maximum atomic E-state index is 13.1. The summed E-state index contributed by atoms with van der Waals surface area (Å²) in [6.45, 7) is 5.13. The molecule has 3 rings (SSSR count). The SMILES string of the molecule is COc1ccc(C2(C(=O)Nc3n[nH]c(C(C)C)n3)CCOCC2)cc1. The second-order valence-corrected chi connectivity index (χ2v) is 6.58.